The summed E-state index contributed by atoms with van der Waals surface area (Å²) in [5.41, 5.74) is 0.735. The smallest absolute Gasteiger partial charge is 0.384 e. The Bertz CT molecular complexity index is 529. The van der Waals surface area contributed by atoms with Gasteiger partial charge in [-0.25, -0.2) is 0 Å². The van der Waals surface area contributed by atoms with Crippen LogP contribution in [0, 0.1) is 11.8 Å². The number of aliphatic hydroxyl groups is 1. The third-order valence-corrected chi connectivity index (χ3v) is 2.35. The Morgan fingerprint density at radius 1 is 1.45 bits per heavy atom. The minimum absolute atomic E-state index is 0.226. The summed E-state index contributed by atoms with van der Waals surface area (Å²) >= 11 is 0. The van der Waals surface area contributed by atoms with E-state index < -0.39 is 24.5 Å². The quantitative estimate of drug-likeness (QED) is 0.836. The lowest BCUT2D eigenvalue weighted by molar-refractivity contribution is -0.138. The predicted octanol–water partition coefficient (Wildman–Crippen LogP) is 2.10. The van der Waals surface area contributed by atoms with Gasteiger partial charge in [0.25, 0.3) is 5.91 Å². The van der Waals surface area contributed by atoms with Crippen molar-refractivity contribution in [2.45, 2.75) is 25.6 Å². The molecule has 0 spiro atoms. The van der Waals surface area contributed by atoms with Crippen LogP contribution in [0.1, 0.15) is 29.3 Å². The van der Waals surface area contributed by atoms with Gasteiger partial charge in [-0.15, -0.1) is 0 Å². The fraction of sp³-hybridized carbons (Fsp3) is 0.357. The zero-order chi connectivity index (χ0) is 15.2. The minimum atomic E-state index is -4.32. The lowest BCUT2D eigenvalue weighted by Gasteiger charge is -2.15. The highest BCUT2D eigenvalue weighted by molar-refractivity contribution is 5.94. The Hall–Kier alpha value is -2.00. The lowest BCUT2D eigenvalue weighted by Crippen LogP contribution is -2.35. The molecule has 0 bridgehead atoms. The maximum absolute atomic E-state index is 12.2. The van der Waals surface area contributed by atoms with Crippen LogP contribution in [0.3, 0.4) is 0 Å². The summed E-state index contributed by atoms with van der Waals surface area (Å²) in [7, 11) is 0. The summed E-state index contributed by atoms with van der Waals surface area (Å²) in [5, 5.41) is 10.9. The second kappa shape index (κ2) is 6.96. The molecule has 6 heteroatoms. The molecule has 0 aliphatic rings. The van der Waals surface area contributed by atoms with Crippen molar-refractivity contribution in [2.75, 3.05) is 6.61 Å². The maximum Gasteiger partial charge on any atom is 0.391 e. The van der Waals surface area contributed by atoms with Crippen molar-refractivity contribution < 1.29 is 23.1 Å². The van der Waals surface area contributed by atoms with Crippen LogP contribution in [-0.4, -0.2) is 29.8 Å². The van der Waals surface area contributed by atoms with Crippen molar-refractivity contribution in [3.8, 4) is 11.8 Å². The van der Waals surface area contributed by atoms with Crippen molar-refractivity contribution in [1.29, 1.82) is 0 Å². The third kappa shape index (κ3) is 5.76. The van der Waals surface area contributed by atoms with Gasteiger partial charge in [-0.05, 0) is 25.1 Å². The molecular formula is C14H14F3NO2. The van der Waals surface area contributed by atoms with Gasteiger partial charge >= 0.3 is 6.18 Å². The summed E-state index contributed by atoms with van der Waals surface area (Å²) in [5.74, 6) is 4.46. The normalized spacial score (nSPS) is 12.2. The number of halogens is 3. The molecule has 0 radical (unpaired) electrons. The van der Waals surface area contributed by atoms with E-state index in [0.29, 0.717) is 5.56 Å². The average Bonchev–Trinajstić information content (AvgIpc) is 2.34. The number of rotatable bonds is 3. The van der Waals surface area contributed by atoms with Crippen molar-refractivity contribution in [1.82, 2.24) is 5.32 Å². The van der Waals surface area contributed by atoms with Gasteiger partial charge in [0.15, 0.2) is 0 Å². The van der Waals surface area contributed by atoms with E-state index in [4.69, 9.17) is 5.11 Å². The second-order valence-corrected chi connectivity index (χ2v) is 4.23. The highest BCUT2D eigenvalue weighted by Gasteiger charge is 2.30. The number of amides is 1. The van der Waals surface area contributed by atoms with E-state index >= 15 is 0 Å². The monoisotopic (exact) mass is 285 g/mol. The molecule has 0 saturated carbocycles. The van der Waals surface area contributed by atoms with E-state index in [1.165, 1.54) is 19.1 Å². The molecule has 1 unspecified atom stereocenters. The zero-order valence-corrected chi connectivity index (χ0v) is 10.8. The Morgan fingerprint density at radius 3 is 2.75 bits per heavy atom. The molecule has 0 aromatic heterocycles. The topological polar surface area (TPSA) is 49.3 Å². The lowest BCUT2D eigenvalue weighted by atomic mass is 10.1. The van der Waals surface area contributed by atoms with E-state index in [1.807, 2.05) is 0 Å². The summed E-state index contributed by atoms with van der Waals surface area (Å²) in [4.78, 5) is 11.8. The highest BCUT2D eigenvalue weighted by Crippen LogP contribution is 2.21. The second-order valence-electron chi connectivity index (χ2n) is 4.23. The molecule has 0 aliphatic carbocycles. The van der Waals surface area contributed by atoms with Gasteiger partial charge in [0.05, 0.1) is 6.42 Å². The molecule has 0 heterocycles. The van der Waals surface area contributed by atoms with Gasteiger partial charge in [0.1, 0.15) is 6.61 Å². The Balaban J connectivity index is 2.73. The van der Waals surface area contributed by atoms with Crippen LogP contribution in [0.25, 0.3) is 0 Å². The van der Waals surface area contributed by atoms with Crippen LogP contribution in [-0.2, 0) is 0 Å². The summed E-state index contributed by atoms with van der Waals surface area (Å²) in [6.45, 7) is 0.986. The number of alkyl halides is 3. The molecule has 1 atom stereocenters. The van der Waals surface area contributed by atoms with Gasteiger partial charge in [-0.2, -0.15) is 13.2 Å². The van der Waals surface area contributed by atoms with E-state index in [0.717, 1.165) is 0 Å². The number of hydrogen-bond donors (Lipinski definition) is 2. The Labute approximate surface area is 114 Å². The van der Waals surface area contributed by atoms with E-state index in [2.05, 4.69) is 17.2 Å². The van der Waals surface area contributed by atoms with Gasteiger partial charge in [0, 0.05) is 17.2 Å². The molecular weight excluding hydrogens is 271 g/mol. The average molecular weight is 285 g/mol. The van der Waals surface area contributed by atoms with E-state index in [1.54, 1.807) is 12.1 Å². The summed E-state index contributed by atoms with van der Waals surface area (Å²) < 4.78 is 36.5. The molecule has 20 heavy (non-hydrogen) atoms. The van der Waals surface area contributed by atoms with Gasteiger partial charge in [-0.1, -0.05) is 17.9 Å². The first-order chi connectivity index (χ1) is 9.31. The first-order valence-corrected chi connectivity index (χ1v) is 5.89. The SMILES string of the molecule is CC(CC(F)(F)F)NC(=O)c1cccc(C#CCO)c1. The van der Waals surface area contributed by atoms with Crippen LogP contribution in [0.4, 0.5) is 13.2 Å². The molecule has 1 amide bonds. The maximum atomic E-state index is 12.2. The van der Waals surface area contributed by atoms with Crippen molar-refractivity contribution in [3.05, 3.63) is 35.4 Å². The first kappa shape index (κ1) is 16.1. The number of carbonyl (C=O) groups is 1. The van der Waals surface area contributed by atoms with Crippen molar-refractivity contribution in [2.24, 2.45) is 0 Å². The fourth-order valence-corrected chi connectivity index (χ4v) is 1.59. The molecule has 0 fully saturated rings. The van der Waals surface area contributed by atoms with Crippen molar-refractivity contribution in [3.63, 3.8) is 0 Å². The summed E-state index contributed by atoms with van der Waals surface area (Å²) in [6, 6.07) is 5.15. The predicted molar refractivity (Wildman–Crippen MR) is 68.0 cm³/mol. The molecule has 0 aliphatic heterocycles. The Morgan fingerprint density at radius 2 is 2.15 bits per heavy atom. The highest BCUT2D eigenvalue weighted by atomic mass is 19.4. The zero-order valence-electron chi connectivity index (χ0n) is 10.8. The Kier molecular flexibility index (Phi) is 5.59. The standard InChI is InChI=1S/C14H14F3NO2/c1-10(9-14(15,16)17)18-13(20)12-6-2-4-11(8-12)5-3-7-19/h2,4,6,8,10,19H,7,9H2,1H3,(H,18,20). The molecule has 1 aromatic carbocycles. The van der Waals surface area contributed by atoms with Gasteiger partial charge in [-0.3, -0.25) is 4.79 Å². The third-order valence-electron chi connectivity index (χ3n) is 2.35. The van der Waals surface area contributed by atoms with Crippen LogP contribution >= 0.6 is 0 Å². The molecule has 1 aromatic rings. The number of benzene rings is 1. The number of carbonyl (C=O) groups excluding carboxylic acids is 1. The van der Waals surface area contributed by atoms with Crippen LogP contribution in [0.2, 0.25) is 0 Å². The molecule has 3 nitrogen and oxygen atoms in total. The number of aliphatic hydroxyl groups excluding tert-OH is 1. The molecule has 2 N–H and O–H groups in total. The minimum Gasteiger partial charge on any atom is -0.384 e. The molecule has 1 rings (SSSR count). The molecule has 108 valence electrons. The number of nitrogens with one attached hydrogen (secondary N) is 1. The van der Waals surface area contributed by atoms with Crippen LogP contribution in [0.15, 0.2) is 24.3 Å². The van der Waals surface area contributed by atoms with Crippen molar-refractivity contribution >= 4 is 5.91 Å². The largest absolute Gasteiger partial charge is 0.391 e. The first-order valence-electron chi connectivity index (χ1n) is 5.89. The van der Waals surface area contributed by atoms with Crippen LogP contribution in [0.5, 0.6) is 0 Å². The van der Waals surface area contributed by atoms with E-state index in [-0.39, 0.29) is 12.2 Å². The fourth-order valence-electron chi connectivity index (χ4n) is 1.59. The van der Waals surface area contributed by atoms with Gasteiger partial charge in [0.2, 0.25) is 0 Å². The van der Waals surface area contributed by atoms with E-state index in [9.17, 15) is 18.0 Å². The number of hydrogen-bond acceptors (Lipinski definition) is 2. The van der Waals surface area contributed by atoms with Gasteiger partial charge < -0.3 is 10.4 Å². The van der Waals surface area contributed by atoms with Crippen LogP contribution < -0.4 is 5.32 Å². The molecule has 0 saturated heterocycles. The summed E-state index contributed by atoms with van der Waals surface area (Å²) in [6.07, 6.45) is -5.40.